The van der Waals surface area contributed by atoms with Gasteiger partial charge in [0.05, 0.1) is 15.5 Å². The van der Waals surface area contributed by atoms with Crippen molar-refractivity contribution in [1.29, 1.82) is 0 Å². The summed E-state index contributed by atoms with van der Waals surface area (Å²) in [6, 6.07) is 8.99. The van der Waals surface area contributed by atoms with Crippen LogP contribution in [0.25, 0.3) is 0 Å². The topological polar surface area (TPSA) is 83.5 Å². The van der Waals surface area contributed by atoms with Gasteiger partial charge in [0.2, 0.25) is 9.84 Å². The molecule has 3 rings (SSSR count). The van der Waals surface area contributed by atoms with Gasteiger partial charge in [-0.3, -0.25) is 4.90 Å². The van der Waals surface area contributed by atoms with Crippen LogP contribution in [-0.2, 0) is 26.1 Å². The van der Waals surface area contributed by atoms with Gasteiger partial charge >= 0.3 is 0 Å². The lowest BCUT2D eigenvalue weighted by Crippen LogP contribution is -2.45. The summed E-state index contributed by atoms with van der Waals surface area (Å²) in [4.78, 5) is 3.40. The van der Waals surface area contributed by atoms with Gasteiger partial charge in [0, 0.05) is 37.6 Å². The van der Waals surface area contributed by atoms with E-state index in [1.54, 1.807) is 6.07 Å². The van der Waals surface area contributed by atoms with E-state index in [9.17, 15) is 16.8 Å². The van der Waals surface area contributed by atoms with Crippen molar-refractivity contribution in [1.82, 2.24) is 10.2 Å². The number of thiophene rings is 1. The van der Waals surface area contributed by atoms with Crippen LogP contribution in [-0.4, -0.2) is 60.2 Å². The molecule has 1 fully saturated rings. The first-order chi connectivity index (χ1) is 12.8. The van der Waals surface area contributed by atoms with Gasteiger partial charge in [0.1, 0.15) is 4.21 Å². The number of piperazine rings is 1. The lowest BCUT2D eigenvalue weighted by molar-refractivity contribution is 0.254. The number of nitrogens with one attached hydrogen (secondary N) is 1. The van der Waals surface area contributed by atoms with Gasteiger partial charge in [-0.15, -0.1) is 11.3 Å². The third kappa shape index (κ3) is 4.78. The molecule has 0 amide bonds. The molecule has 9 heteroatoms. The Labute approximate surface area is 165 Å². The summed E-state index contributed by atoms with van der Waals surface area (Å²) in [6.45, 7) is 5.88. The van der Waals surface area contributed by atoms with E-state index in [1.807, 2.05) is 13.0 Å². The highest BCUT2D eigenvalue weighted by Crippen LogP contribution is 2.28. The molecule has 1 aliphatic heterocycles. The molecule has 2 aromatic rings. The van der Waals surface area contributed by atoms with Crippen LogP contribution >= 0.6 is 11.3 Å². The lowest BCUT2D eigenvalue weighted by Gasteiger charge is -2.26. The van der Waals surface area contributed by atoms with Gasteiger partial charge in [0.25, 0.3) is 0 Å². The maximum Gasteiger partial charge on any atom is 0.215 e. The van der Waals surface area contributed by atoms with Crippen LogP contribution in [0.15, 0.2) is 50.4 Å². The SMILES string of the molecule is CCc1ccc(S(=O)(=O)c2ccc(S(=O)(=O)CCN3CCNCC3)cc2)s1. The molecule has 1 aliphatic rings. The summed E-state index contributed by atoms with van der Waals surface area (Å²) in [5.74, 6) is 0.0316. The van der Waals surface area contributed by atoms with Crippen molar-refractivity contribution >= 4 is 31.0 Å². The molecular weight excluding hydrogens is 404 g/mol. The second-order valence-electron chi connectivity index (χ2n) is 6.46. The van der Waals surface area contributed by atoms with Crippen molar-refractivity contribution < 1.29 is 16.8 Å². The summed E-state index contributed by atoms with van der Waals surface area (Å²) in [5, 5.41) is 3.24. The van der Waals surface area contributed by atoms with E-state index in [0.29, 0.717) is 6.54 Å². The van der Waals surface area contributed by atoms with E-state index in [0.717, 1.165) is 37.5 Å². The maximum absolute atomic E-state index is 12.7. The molecular formula is C18H24N2O4S3. The molecule has 6 nitrogen and oxygen atoms in total. The molecule has 1 N–H and O–H groups in total. The Morgan fingerprint density at radius 2 is 1.59 bits per heavy atom. The minimum atomic E-state index is -3.61. The molecule has 0 saturated carbocycles. The number of benzene rings is 1. The average molecular weight is 429 g/mol. The standard InChI is InChI=1S/C18H24N2O4S3/c1-2-15-3-8-18(25-15)27(23,24)17-6-4-16(5-7-17)26(21,22)14-13-20-11-9-19-10-12-20/h3-8,19H,2,9-14H2,1H3. The van der Waals surface area contributed by atoms with Crippen LogP contribution in [0.1, 0.15) is 11.8 Å². The van der Waals surface area contributed by atoms with E-state index >= 15 is 0 Å². The third-order valence-corrected chi connectivity index (χ3v) is 9.83. The summed E-state index contributed by atoms with van der Waals surface area (Å²) in [7, 11) is -7.05. The van der Waals surface area contributed by atoms with E-state index in [2.05, 4.69) is 10.2 Å². The Balaban J connectivity index is 1.73. The van der Waals surface area contributed by atoms with Gasteiger partial charge in [-0.1, -0.05) is 6.92 Å². The number of sulfone groups is 2. The first-order valence-corrected chi connectivity index (χ1v) is 12.9. The van der Waals surface area contributed by atoms with E-state index in [4.69, 9.17) is 0 Å². The highest BCUT2D eigenvalue weighted by atomic mass is 32.2. The zero-order valence-electron chi connectivity index (χ0n) is 15.2. The van der Waals surface area contributed by atoms with Crippen molar-refractivity contribution in [3.05, 3.63) is 41.3 Å². The molecule has 0 unspecified atom stereocenters. The molecule has 0 bridgehead atoms. The molecule has 2 heterocycles. The van der Waals surface area contributed by atoms with Crippen LogP contribution in [0.2, 0.25) is 0 Å². The second-order valence-corrected chi connectivity index (χ2v) is 11.9. The quantitative estimate of drug-likeness (QED) is 0.724. The molecule has 1 aromatic heterocycles. The van der Waals surface area contributed by atoms with Crippen LogP contribution in [0, 0.1) is 0 Å². The van der Waals surface area contributed by atoms with Crippen molar-refractivity contribution in [3.63, 3.8) is 0 Å². The minimum Gasteiger partial charge on any atom is -0.314 e. The van der Waals surface area contributed by atoms with Crippen molar-refractivity contribution in [3.8, 4) is 0 Å². The number of hydrogen-bond donors (Lipinski definition) is 1. The van der Waals surface area contributed by atoms with Gasteiger partial charge in [-0.2, -0.15) is 0 Å². The summed E-state index contributed by atoms with van der Waals surface area (Å²) < 4.78 is 50.8. The molecule has 27 heavy (non-hydrogen) atoms. The molecule has 1 saturated heterocycles. The van der Waals surface area contributed by atoms with E-state index in [-0.39, 0.29) is 19.8 Å². The van der Waals surface area contributed by atoms with Crippen molar-refractivity contribution in [2.75, 3.05) is 38.5 Å². The molecule has 0 radical (unpaired) electrons. The third-order valence-electron chi connectivity index (χ3n) is 4.63. The summed E-state index contributed by atoms with van der Waals surface area (Å²) >= 11 is 1.25. The Morgan fingerprint density at radius 3 is 2.19 bits per heavy atom. The molecule has 148 valence electrons. The lowest BCUT2D eigenvalue weighted by atomic mass is 10.4. The molecule has 0 atom stereocenters. The minimum absolute atomic E-state index is 0.0316. The maximum atomic E-state index is 12.7. The van der Waals surface area contributed by atoms with Gasteiger partial charge < -0.3 is 5.32 Å². The van der Waals surface area contributed by atoms with Crippen LogP contribution in [0.5, 0.6) is 0 Å². The largest absolute Gasteiger partial charge is 0.314 e. The first kappa shape index (κ1) is 20.5. The van der Waals surface area contributed by atoms with Crippen LogP contribution in [0.4, 0.5) is 0 Å². The fraction of sp³-hybridized carbons (Fsp3) is 0.444. The Kier molecular flexibility index (Phi) is 6.37. The predicted molar refractivity (Wildman–Crippen MR) is 107 cm³/mol. The normalized spacial score (nSPS) is 16.5. The van der Waals surface area contributed by atoms with Gasteiger partial charge in [-0.25, -0.2) is 16.8 Å². The van der Waals surface area contributed by atoms with Gasteiger partial charge in [0.15, 0.2) is 9.84 Å². The summed E-state index contributed by atoms with van der Waals surface area (Å²) in [5.41, 5.74) is 0. The molecule has 0 spiro atoms. The second kappa shape index (κ2) is 8.40. The monoisotopic (exact) mass is 428 g/mol. The van der Waals surface area contributed by atoms with Crippen molar-refractivity contribution in [2.24, 2.45) is 0 Å². The fourth-order valence-corrected chi connectivity index (χ4v) is 6.92. The number of rotatable bonds is 7. The summed E-state index contributed by atoms with van der Waals surface area (Å²) in [6.07, 6.45) is 0.782. The Morgan fingerprint density at radius 1 is 0.963 bits per heavy atom. The number of aryl methyl sites for hydroxylation is 1. The van der Waals surface area contributed by atoms with Crippen LogP contribution in [0.3, 0.4) is 0 Å². The number of hydrogen-bond acceptors (Lipinski definition) is 7. The van der Waals surface area contributed by atoms with E-state index < -0.39 is 19.7 Å². The van der Waals surface area contributed by atoms with Crippen LogP contribution < -0.4 is 5.32 Å². The smallest absolute Gasteiger partial charge is 0.215 e. The number of nitrogens with zero attached hydrogens (tertiary/aromatic N) is 1. The zero-order valence-corrected chi connectivity index (χ0v) is 17.7. The highest BCUT2D eigenvalue weighted by molar-refractivity contribution is 7.93. The first-order valence-electron chi connectivity index (χ1n) is 8.92. The average Bonchev–Trinajstić information content (AvgIpc) is 3.18. The predicted octanol–water partition coefficient (Wildman–Crippen LogP) is 1.82. The Bertz CT molecular complexity index is 974. The molecule has 1 aromatic carbocycles. The Hall–Kier alpha value is -1.26. The van der Waals surface area contributed by atoms with Crippen molar-refractivity contribution in [2.45, 2.75) is 27.3 Å². The van der Waals surface area contributed by atoms with E-state index in [1.165, 1.54) is 35.6 Å². The highest BCUT2D eigenvalue weighted by Gasteiger charge is 2.22. The zero-order chi connectivity index (χ0) is 19.5. The van der Waals surface area contributed by atoms with Gasteiger partial charge in [-0.05, 0) is 42.8 Å². The molecule has 0 aliphatic carbocycles. The fourth-order valence-electron chi connectivity index (χ4n) is 2.94.